The highest BCUT2D eigenvalue weighted by molar-refractivity contribution is 4.69. The summed E-state index contributed by atoms with van der Waals surface area (Å²) < 4.78 is 11.4. The molecule has 0 aliphatic carbocycles. The maximum absolute atomic E-state index is 9.62. The normalized spacial score (nSPS) is 17.8. The summed E-state index contributed by atoms with van der Waals surface area (Å²) in [5.41, 5.74) is 0. The van der Waals surface area contributed by atoms with Gasteiger partial charge in [-0.3, -0.25) is 0 Å². The van der Waals surface area contributed by atoms with Crippen LogP contribution in [0.15, 0.2) is 0 Å². The van der Waals surface area contributed by atoms with Crippen LogP contribution in [0.1, 0.15) is 158 Å². The van der Waals surface area contributed by atoms with Crippen LogP contribution in [-0.4, -0.2) is 31.2 Å². The van der Waals surface area contributed by atoms with Gasteiger partial charge in [0.25, 0.3) is 0 Å². The van der Waals surface area contributed by atoms with Gasteiger partial charge in [-0.15, -0.1) is 0 Å². The number of hydrogen-bond acceptors (Lipinski definition) is 3. The predicted octanol–water partition coefficient (Wildman–Crippen LogP) is 10.4. The molecule has 37 heavy (non-hydrogen) atoms. The van der Waals surface area contributed by atoms with Crippen LogP contribution in [0.25, 0.3) is 0 Å². The van der Waals surface area contributed by atoms with Crippen molar-refractivity contribution in [2.24, 2.45) is 35.5 Å². The Bertz CT molecular complexity index is 466. The molecule has 7 unspecified atom stereocenters. The average Bonchev–Trinajstić information content (AvgIpc) is 2.78. The summed E-state index contributed by atoms with van der Waals surface area (Å²) in [5, 5.41) is 9.62. The summed E-state index contributed by atoms with van der Waals surface area (Å²) in [4.78, 5) is 0. The molecular weight excluding hydrogens is 456 g/mol. The molecule has 0 aromatic carbocycles. The monoisotopic (exact) mass is 527 g/mol. The van der Waals surface area contributed by atoms with Gasteiger partial charge in [0.2, 0.25) is 0 Å². The minimum absolute atomic E-state index is 0.167. The third-order valence-electron chi connectivity index (χ3n) is 8.06. The molecule has 0 aromatic heterocycles. The molecule has 224 valence electrons. The van der Waals surface area contributed by atoms with E-state index in [0.29, 0.717) is 12.7 Å². The summed E-state index contributed by atoms with van der Waals surface area (Å²) in [6, 6.07) is 0. The van der Waals surface area contributed by atoms with E-state index in [2.05, 4.69) is 48.5 Å². The third kappa shape index (κ3) is 25.9. The zero-order valence-corrected chi connectivity index (χ0v) is 26.7. The van der Waals surface area contributed by atoms with Crippen LogP contribution in [0.4, 0.5) is 0 Å². The van der Waals surface area contributed by atoms with E-state index in [4.69, 9.17) is 9.47 Å². The predicted molar refractivity (Wildman–Crippen MR) is 163 cm³/mol. The van der Waals surface area contributed by atoms with Crippen molar-refractivity contribution in [1.29, 1.82) is 0 Å². The Morgan fingerprint density at radius 2 is 0.838 bits per heavy atom. The van der Waals surface area contributed by atoms with E-state index in [9.17, 15) is 5.11 Å². The average molecular weight is 527 g/mol. The fraction of sp³-hybridized carbons (Fsp3) is 1.00. The molecule has 0 saturated carbocycles. The summed E-state index contributed by atoms with van der Waals surface area (Å²) >= 11 is 0. The lowest BCUT2D eigenvalue weighted by Gasteiger charge is -2.25. The molecule has 0 heterocycles. The number of aliphatic hydroxyl groups is 1. The van der Waals surface area contributed by atoms with Crippen molar-refractivity contribution in [3.63, 3.8) is 0 Å². The Morgan fingerprint density at radius 1 is 0.459 bits per heavy atom. The largest absolute Gasteiger partial charge is 0.393 e. The highest BCUT2D eigenvalue weighted by atomic mass is 16.7. The van der Waals surface area contributed by atoms with Gasteiger partial charge in [0, 0.05) is 13.2 Å². The van der Waals surface area contributed by atoms with Gasteiger partial charge in [-0.2, -0.15) is 0 Å². The summed E-state index contributed by atoms with van der Waals surface area (Å²) in [5.74, 6) is 4.56. The Kier molecular flexibility index (Phi) is 24.8. The molecule has 1 N–H and O–H groups in total. The molecule has 0 aromatic rings. The van der Waals surface area contributed by atoms with E-state index in [1.165, 1.54) is 89.9 Å². The second-order valence-corrected chi connectivity index (χ2v) is 13.4. The lowest BCUT2D eigenvalue weighted by molar-refractivity contribution is -0.0561. The molecule has 0 fully saturated rings. The van der Waals surface area contributed by atoms with E-state index in [1.54, 1.807) is 0 Å². The molecular formula is C34H70O3. The number of ether oxygens (including phenoxy) is 2. The minimum Gasteiger partial charge on any atom is -0.393 e. The fourth-order valence-corrected chi connectivity index (χ4v) is 6.66. The maximum atomic E-state index is 9.62. The van der Waals surface area contributed by atoms with Crippen LogP contribution < -0.4 is 0 Å². The van der Waals surface area contributed by atoms with Gasteiger partial charge in [0.1, 0.15) is 6.79 Å². The Balaban J connectivity index is 3.70. The van der Waals surface area contributed by atoms with E-state index < -0.39 is 0 Å². The van der Waals surface area contributed by atoms with Crippen LogP contribution in [0.2, 0.25) is 0 Å². The molecule has 0 saturated heterocycles. The van der Waals surface area contributed by atoms with Crippen molar-refractivity contribution in [2.75, 3.05) is 20.0 Å². The van der Waals surface area contributed by atoms with Gasteiger partial charge in [-0.25, -0.2) is 0 Å². The van der Waals surface area contributed by atoms with E-state index in [1.807, 2.05) is 6.92 Å². The van der Waals surface area contributed by atoms with E-state index in [-0.39, 0.29) is 6.10 Å². The van der Waals surface area contributed by atoms with Gasteiger partial charge in [0.05, 0.1) is 6.10 Å². The highest BCUT2D eigenvalue weighted by Gasteiger charge is 2.18. The molecule has 0 radical (unpaired) electrons. The lowest BCUT2D eigenvalue weighted by Crippen LogP contribution is -2.14. The Hall–Kier alpha value is -0.120. The number of rotatable bonds is 27. The van der Waals surface area contributed by atoms with E-state index in [0.717, 1.165) is 55.6 Å². The summed E-state index contributed by atoms with van der Waals surface area (Å²) in [7, 11) is 0. The second-order valence-electron chi connectivity index (χ2n) is 13.4. The van der Waals surface area contributed by atoms with Crippen molar-refractivity contribution in [2.45, 2.75) is 164 Å². The molecule has 0 rings (SSSR count). The molecule has 0 spiro atoms. The summed E-state index contributed by atoms with van der Waals surface area (Å²) in [6.07, 6.45) is 20.5. The van der Waals surface area contributed by atoms with E-state index >= 15 is 0 Å². The lowest BCUT2D eigenvalue weighted by atomic mass is 9.81. The zero-order chi connectivity index (χ0) is 27.9. The van der Waals surface area contributed by atoms with Gasteiger partial charge in [0.15, 0.2) is 0 Å². The minimum atomic E-state index is -0.167. The molecule has 3 nitrogen and oxygen atoms in total. The van der Waals surface area contributed by atoms with Crippen LogP contribution in [0.3, 0.4) is 0 Å². The molecule has 0 amide bonds. The fourth-order valence-electron chi connectivity index (χ4n) is 6.66. The molecule has 3 heteroatoms. The Labute approximate surface area is 234 Å². The second kappa shape index (κ2) is 24.9. The van der Waals surface area contributed by atoms with Gasteiger partial charge in [-0.05, 0) is 100 Å². The smallest absolute Gasteiger partial charge is 0.146 e. The topological polar surface area (TPSA) is 38.7 Å². The van der Waals surface area contributed by atoms with Crippen LogP contribution in [0.5, 0.6) is 0 Å². The van der Waals surface area contributed by atoms with Crippen LogP contribution in [-0.2, 0) is 9.47 Å². The first-order chi connectivity index (χ1) is 17.6. The van der Waals surface area contributed by atoms with Crippen molar-refractivity contribution in [3.05, 3.63) is 0 Å². The maximum Gasteiger partial charge on any atom is 0.146 e. The standard InChI is InChI=1S/C34H70O3/c1-9-10-11-12-13-14-15-16-19-36-27-37-20-17-18-28(2)21-29(3)22-30(4)23-31(5)24-32(6)25-33(7)26-34(8)35/h28-35H,9-27H2,1-8H3. The highest BCUT2D eigenvalue weighted by Crippen LogP contribution is 2.29. The molecule has 0 bridgehead atoms. The van der Waals surface area contributed by atoms with Gasteiger partial charge in [-0.1, -0.05) is 93.4 Å². The SMILES string of the molecule is CCCCCCCCCCOCOCCCC(C)CC(C)CC(C)CC(C)CC(C)CC(C)CC(C)O. The van der Waals surface area contributed by atoms with Crippen molar-refractivity contribution < 1.29 is 14.6 Å². The Morgan fingerprint density at radius 3 is 1.30 bits per heavy atom. The zero-order valence-electron chi connectivity index (χ0n) is 26.7. The van der Waals surface area contributed by atoms with Gasteiger partial charge >= 0.3 is 0 Å². The van der Waals surface area contributed by atoms with Crippen molar-refractivity contribution >= 4 is 0 Å². The molecule has 0 aliphatic rings. The summed E-state index contributed by atoms with van der Waals surface area (Å²) in [6.45, 7) is 20.8. The number of hydrogen-bond donors (Lipinski definition) is 1. The molecule has 7 atom stereocenters. The van der Waals surface area contributed by atoms with Crippen LogP contribution >= 0.6 is 0 Å². The van der Waals surface area contributed by atoms with Gasteiger partial charge < -0.3 is 14.6 Å². The number of unbranched alkanes of at least 4 members (excludes halogenated alkanes) is 7. The number of aliphatic hydroxyl groups excluding tert-OH is 1. The first kappa shape index (κ1) is 36.9. The van der Waals surface area contributed by atoms with Crippen molar-refractivity contribution in [1.82, 2.24) is 0 Å². The first-order valence-corrected chi connectivity index (χ1v) is 16.5. The first-order valence-electron chi connectivity index (χ1n) is 16.5. The van der Waals surface area contributed by atoms with Crippen LogP contribution in [0, 0.1) is 35.5 Å². The molecule has 0 aliphatic heterocycles. The quantitative estimate of drug-likeness (QED) is 0.0854. The third-order valence-corrected chi connectivity index (χ3v) is 8.06. The van der Waals surface area contributed by atoms with Crippen molar-refractivity contribution in [3.8, 4) is 0 Å².